The average Bonchev–Trinajstić information content (AvgIpc) is 2.64. The minimum atomic E-state index is 0.313. The van der Waals surface area contributed by atoms with E-state index in [-0.39, 0.29) is 0 Å². The summed E-state index contributed by atoms with van der Waals surface area (Å²) in [6.45, 7) is 2.54. The zero-order valence-corrected chi connectivity index (χ0v) is 7.82. The Hall–Kier alpha value is -1.50. The van der Waals surface area contributed by atoms with Crippen molar-refractivity contribution in [3.8, 4) is 0 Å². The van der Waals surface area contributed by atoms with Crippen LogP contribution in [0.4, 0.5) is 5.95 Å². The van der Waals surface area contributed by atoms with Crippen molar-refractivity contribution in [1.82, 2.24) is 25.2 Å². The van der Waals surface area contributed by atoms with Crippen LogP contribution >= 0.6 is 11.3 Å². The fourth-order valence-corrected chi connectivity index (χ4v) is 1.70. The Morgan fingerprint density at radius 3 is 3.00 bits per heavy atom. The van der Waals surface area contributed by atoms with Crippen LogP contribution in [-0.2, 0) is 6.54 Å². The number of hydrogen-bond acceptors (Lipinski definition) is 6. The molecule has 0 spiro atoms. The van der Waals surface area contributed by atoms with Crippen LogP contribution < -0.4 is 5.73 Å². The van der Waals surface area contributed by atoms with Gasteiger partial charge in [-0.1, -0.05) is 5.10 Å². The van der Waals surface area contributed by atoms with Gasteiger partial charge in [0.2, 0.25) is 5.95 Å². The summed E-state index contributed by atoms with van der Waals surface area (Å²) in [5, 5.41) is 11.7. The molecule has 0 aromatic carbocycles. The van der Waals surface area contributed by atoms with E-state index in [1.807, 2.05) is 13.1 Å². The van der Waals surface area contributed by atoms with Crippen LogP contribution in [0, 0.1) is 6.92 Å². The molecule has 0 radical (unpaired) electrons. The Bertz CT molecular complexity index is 405. The number of tetrazole rings is 1. The number of hydrogen-bond donors (Lipinski definition) is 1. The lowest BCUT2D eigenvalue weighted by atomic mass is 10.6. The molecule has 0 atom stereocenters. The Morgan fingerprint density at radius 2 is 2.46 bits per heavy atom. The zero-order chi connectivity index (χ0) is 9.26. The molecular formula is C6H8N6S. The number of nitrogen functional groups attached to an aromatic ring is 1. The molecule has 0 aliphatic rings. The van der Waals surface area contributed by atoms with E-state index in [1.54, 1.807) is 11.3 Å². The number of nitrogens with two attached hydrogens (primary N) is 1. The summed E-state index contributed by atoms with van der Waals surface area (Å²) in [5.41, 5.74) is 5.50. The number of aromatic nitrogens is 5. The molecule has 2 aromatic rings. The van der Waals surface area contributed by atoms with Crippen molar-refractivity contribution in [2.45, 2.75) is 13.5 Å². The summed E-state index contributed by atoms with van der Waals surface area (Å²) in [5.74, 6) is 0.313. The predicted molar refractivity (Wildman–Crippen MR) is 48.2 cm³/mol. The molecule has 13 heavy (non-hydrogen) atoms. The third kappa shape index (κ3) is 1.64. The first kappa shape index (κ1) is 8.11. The van der Waals surface area contributed by atoms with E-state index in [4.69, 9.17) is 5.73 Å². The third-order valence-electron chi connectivity index (χ3n) is 1.51. The van der Waals surface area contributed by atoms with Gasteiger partial charge >= 0.3 is 0 Å². The van der Waals surface area contributed by atoms with E-state index < -0.39 is 0 Å². The van der Waals surface area contributed by atoms with E-state index in [2.05, 4.69) is 20.5 Å². The molecule has 0 unspecified atom stereocenters. The van der Waals surface area contributed by atoms with Crippen molar-refractivity contribution in [2.75, 3.05) is 5.73 Å². The van der Waals surface area contributed by atoms with Gasteiger partial charge in [-0.15, -0.1) is 11.3 Å². The number of rotatable bonds is 2. The summed E-state index contributed by atoms with van der Waals surface area (Å²) in [6, 6.07) is 0. The van der Waals surface area contributed by atoms with Crippen molar-refractivity contribution in [2.24, 2.45) is 0 Å². The molecule has 6 nitrogen and oxygen atoms in total. The van der Waals surface area contributed by atoms with E-state index in [9.17, 15) is 0 Å². The van der Waals surface area contributed by atoms with Gasteiger partial charge in [0.1, 0.15) is 5.01 Å². The predicted octanol–water partition coefficient (Wildman–Crippen LogP) is 0.0685. The van der Waals surface area contributed by atoms with E-state index in [0.717, 1.165) is 5.01 Å². The number of nitrogens with zero attached hydrogens (tertiary/aromatic N) is 5. The molecule has 0 fully saturated rings. The molecule has 68 valence electrons. The summed E-state index contributed by atoms with van der Waals surface area (Å²) >= 11 is 1.61. The summed E-state index contributed by atoms with van der Waals surface area (Å²) < 4.78 is 1.51. The fraction of sp³-hybridized carbons (Fsp3) is 0.333. The second kappa shape index (κ2) is 3.09. The SMILES string of the molecule is Cc1cnc(Cn2nnnc2N)s1. The standard InChI is InChI=1S/C6H8N6S/c1-4-2-8-5(13-4)3-12-6(7)9-10-11-12/h2H,3H2,1H3,(H2,7,9,11). The summed E-state index contributed by atoms with van der Waals surface area (Å²) in [4.78, 5) is 5.35. The van der Waals surface area contributed by atoms with Crippen molar-refractivity contribution in [1.29, 1.82) is 0 Å². The van der Waals surface area contributed by atoms with Crippen molar-refractivity contribution >= 4 is 17.3 Å². The van der Waals surface area contributed by atoms with Crippen LogP contribution in [0.2, 0.25) is 0 Å². The van der Waals surface area contributed by atoms with Gasteiger partial charge in [0.25, 0.3) is 0 Å². The first-order valence-corrected chi connectivity index (χ1v) is 4.50. The van der Waals surface area contributed by atoms with Gasteiger partial charge in [0.05, 0.1) is 6.54 Å². The first-order chi connectivity index (χ1) is 6.25. The van der Waals surface area contributed by atoms with Crippen LogP contribution in [0.5, 0.6) is 0 Å². The highest BCUT2D eigenvalue weighted by Crippen LogP contribution is 2.12. The van der Waals surface area contributed by atoms with Gasteiger partial charge in [-0.05, 0) is 17.4 Å². The fourth-order valence-electron chi connectivity index (χ4n) is 0.927. The Morgan fingerprint density at radius 1 is 1.62 bits per heavy atom. The smallest absolute Gasteiger partial charge is 0.240 e. The normalized spacial score (nSPS) is 10.5. The molecule has 7 heteroatoms. The summed E-state index contributed by atoms with van der Waals surface area (Å²) in [7, 11) is 0. The van der Waals surface area contributed by atoms with Crippen molar-refractivity contribution < 1.29 is 0 Å². The lowest BCUT2D eigenvalue weighted by Crippen LogP contribution is -2.05. The molecule has 0 aliphatic carbocycles. The second-order valence-electron chi connectivity index (χ2n) is 2.56. The van der Waals surface area contributed by atoms with Gasteiger partial charge < -0.3 is 5.73 Å². The number of aryl methyl sites for hydroxylation is 1. The molecule has 0 bridgehead atoms. The molecule has 2 rings (SSSR count). The quantitative estimate of drug-likeness (QED) is 0.734. The molecule has 0 saturated heterocycles. The largest absolute Gasteiger partial charge is 0.367 e. The minimum Gasteiger partial charge on any atom is -0.367 e. The second-order valence-corrected chi connectivity index (χ2v) is 3.88. The van der Waals surface area contributed by atoms with Crippen LogP contribution in [0.1, 0.15) is 9.88 Å². The molecule has 0 saturated carbocycles. The maximum atomic E-state index is 5.50. The Balaban J connectivity index is 2.19. The zero-order valence-electron chi connectivity index (χ0n) is 7.01. The molecule has 2 aromatic heterocycles. The monoisotopic (exact) mass is 196 g/mol. The third-order valence-corrected chi connectivity index (χ3v) is 2.41. The van der Waals surface area contributed by atoms with Gasteiger partial charge in [-0.25, -0.2) is 9.67 Å². The van der Waals surface area contributed by atoms with Gasteiger partial charge in [-0.2, -0.15) is 0 Å². The van der Waals surface area contributed by atoms with E-state index in [0.29, 0.717) is 12.5 Å². The highest BCUT2D eigenvalue weighted by molar-refractivity contribution is 7.11. The maximum Gasteiger partial charge on any atom is 0.240 e. The van der Waals surface area contributed by atoms with Crippen LogP contribution in [-0.4, -0.2) is 25.2 Å². The number of anilines is 1. The van der Waals surface area contributed by atoms with Crippen molar-refractivity contribution in [3.05, 3.63) is 16.1 Å². The van der Waals surface area contributed by atoms with Gasteiger partial charge in [-0.3, -0.25) is 0 Å². The van der Waals surface area contributed by atoms with Crippen LogP contribution in [0.3, 0.4) is 0 Å². The lowest BCUT2D eigenvalue weighted by Gasteiger charge is -1.95. The average molecular weight is 196 g/mol. The van der Waals surface area contributed by atoms with Crippen LogP contribution in [0.15, 0.2) is 6.20 Å². The van der Waals surface area contributed by atoms with Crippen LogP contribution in [0.25, 0.3) is 0 Å². The highest BCUT2D eigenvalue weighted by Gasteiger charge is 2.04. The Labute approximate surface area is 78.4 Å². The molecule has 0 amide bonds. The highest BCUT2D eigenvalue weighted by atomic mass is 32.1. The van der Waals surface area contributed by atoms with Gasteiger partial charge in [0, 0.05) is 11.1 Å². The molecule has 0 aliphatic heterocycles. The maximum absolute atomic E-state index is 5.50. The molecule has 2 N–H and O–H groups in total. The topological polar surface area (TPSA) is 82.5 Å². The van der Waals surface area contributed by atoms with Crippen molar-refractivity contribution in [3.63, 3.8) is 0 Å². The van der Waals surface area contributed by atoms with E-state index in [1.165, 1.54) is 9.56 Å². The first-order valence-electron chi connectivity index (χ1n) is 3.68. The number of thiazole rings is 1. The molecule has 2 heterocycles. The van der Waals surface area contributed by atoms with E-state index >= 15 is 0 Å². The summed E-state index contributed by atoms with van der Waals surface area (Å²) in [6.07, 6.45) is 1.82. The Kier molecular flexibility index (Phi) is 1.93. The molecular weight excluding hydrogens is 188 g/mol. The minimum absolute atomic E-state index is 0.313. The van der Waals surface area contributed by atoms with Gasteiger partial charge in [0.15, 0.2) is 0 Å². The lowest BCUT2D eigenvalue weighted by molar-refractivity contribution is 0.652.